The van der Waals surface area contributed by atoms with Crippen molar-refractivity contribution in [1.82, 2.24) is 9.80 Å². The van der Waals surface area contributed by atoms with Crippen LogP contribution in [0.1, 0.15) is 41.1 Å². The van der Waals surface area contributed by atoms with Crippen LogP contribution in [0.5, 0.6) is 5.75 Å². The van der Waals surface area contributed by atoms with Crippen LogP contribution in [0.3, 0.4) is 0 Å². The number of aryl methyl sites for hydroxylation is 2. The van der Waals surface area contributed by atoms with Crippen molar-refractivity contribution in [2.75, 3.05) is 27.2 Å². The van der Waals surface area contributed by atoms with E-state index in [1.54, 1.807) is 6.07 Å². The van der Waals surface area contributed by atoms with Gasteiger partial charge in [-0.05, 0) is 74.7 Å². The first-order chi connectivity index (χ1) is 15.3. The van der Waals surface area contributed by atoms with Crippen molar-refractivity contribution >= 4 is 29.1 Å². The molecule has 1 atom stereocenters. The number of rotatable bonds is 5. The molecule has 0 saturated carbocycles. The Labute approximate surface area is 192 Å². The number of halogens is 1. The molecule has 168 valence electrons. The van der Waals surface area contributed by atoms with Crippen molar-refractivity contribution < 1.29 is 19.8 Å². The molecule has 6 nitrogen and oxygen atoms in total. The second-order valence-corrected chi connectivity index (χ2v) is 9.10. The van der Waals surface area contributed by atoms with Gasteiger partial charge in [0.25, 0.3) is 11.7 Å². The van der Waals surface area contributed by atoms with E-state index in [2.05, 4.69) is 0 Å². The van der Waals surface area contributed by atoms with Gasteiger partial charge in [-0.15, -0.1) is 0 Å². The zero-order valence-electron chi connectivity index (χ0n) is 18.3. The number of aliphatic hydroxyl groups excluding tert-OH is 1. The molecule has 2 aromatic carbocycles. The molecule has 4 rings (SSSR count). The van der Waals surface area contributed by atoms with Crippen LogP contribution in [0.15, 0.2) is 42.0 Å². The molecule has 1 heterocycles. The standard InChI is InChI=1S/C25H27ClN2O4/c1-27(2)11-12-28-22(17-9-10-20(29)19(26)14-17)21(24(31)25(28)32)23(30)18-8-7-15-5-3-4-6-16(15)13-18/h7-10,13-14,22,29-30H,3-6,11-12H2,1-2H3/b23-21-. The first-order valence-corrected chi connectivity index (χ1v) is 11.2. The molecule has 2 aromatic rings. The first-order valence-electron chi connectivity index (χ1n) is 10.8. The van der Waals surface area contributed by atoms with E-state index in [0.717, 1.165) is 25.7 Å². The number of aliphatic hydroxyl groups is 1. The van der Waals surface area contributed by atoms with Crippen molar-refractivity contribution in [3.05, 3.63) is 69.2 Å². The number of hydrogen-bond donors (Lipinski definition) is 2. The van der Waals surface area contributed by atoms with Crippen LogP contribution < -0.4 is 0 Å². The van der Waals surface area contributed by atoms with Crippen LogP contribution in [0.2, 0.25) is 5.02 Å². The summed E-state index contributed by atoms with van der Waals surface area (Å²) < 4.78 is 0. The fourth-order valence-corrected chi connectivity index (χ4v) is 4.68. The number of benzene rings is 2. The molecule has 1 fully saturated rings. The number of aromatic hydroxyl groups is 1. The highest BCUT2D eigenvalue weighted by atomic mass is 35.5. The summed E-state index contributed by atoms with van der Waals surface area (Å²) in [6, 6.07) is 9.55. The van der Waals surface area contributed by atoms with Gasteiger partial charge < -0.3 is 20.0 Å². The van der Waals surface area contributed by atoms with E-state index >= 15 is 0 Å². The number of Topliss-reactive ketones (excluding diaryl/α,β-unsaturated/α-hetero) is 1. The maximum atomic E-state index is 13.1. The van der Waals surface area contributed by atoms with Crippen molar-refractivity contribution in [3.8, 4) is 5.75 Å². The number of amides is 1. The summed E-state index contributed by atoms with van der Waals surface area (Å²) in [6.45, 7) is 0.857. The van der Waals surface area contributed by atoms with E-state index in [1.807, 2.05) is 37.2 Å². The minimum absolute atomic E-state index is 0.0475. The molecule has 1 amide bonds. The Bertz CT molecular complexity index is 1110. The number of carbonyl (C=O) groups is 2. The molecule has 0 bridgehead atoms. The highest BCUT2D eigenvalue weighted by Crippen LogP contribution is 2.41. The summed E-state index contributed by atoms with van der Waals surface area (Å²) in [5.41, 5.74) is 3.58. The van der Waals surface area contributed by atoms with E-state index in [0.29, 0.717) is 24.2 Å². The number of fused-ring (bicyclic) bond motifs is 1. The Balaban J connectivity index is 1.84. The van der Waals surface area contributed by atoms with Gasteiger partial charge in [-0.1, -0.05) is 29.8 Å². The predicted octanol–water partition coefficient (Wildman–Crippen LogP) is 3.91. The van der Waals surface area contributed by atoms with Gasteiger partial charge >= 0.3 is 0 Å². The van der Waals surface area contributed by atoms with Gasteiger partial charge in [-0.2, -0.15) is 0 Å². The molecule has 7 heteroatoms. The summed E-state index contributed by atoms with van der Waals surface area (Å²) in [4.78, 5) is 29.4. The lowest BCUT2D eigenvalue weighted by molar-refractivity contribution is -0.140. The van der Waals surface area contributed by atoms with Gasteiger partial charge in [0.1, 0.15) is 11.5 Å². The summed E-state index contributed by atoms with van der Waals surface area (Å²) >= 11 is 6.14. The fraction of sp³-hybridized carbons (Fsp3) is 0.360. The number of phenolic OH excluding ortho intramolecular Hbond substituents is 1. The fourth-order valence-electron chi connectivity index (χ4n) is 4.49. The molecule has 1 saturated heterocycles. The lowest BCUT2D eigenvalue weighted by atomic mass is 9.88. The van der Waals surface area contributed by atoms with E-state index in [4.69, 9.17) is 11.6 Å². The Morgan fingerprint density at radius 3 is 2.50 bits per heavy atom. The molecular formula is C25H27ClN2O4. The summed E-state index contributed by atoms with van der Waals surface area (Å²) in [5.74, 6) is -1.64. The third kappa shape index (κ3) is 4.12. The second kappa shape index (κ2) is 8.96. The molecule has 1 unspecified atom stereocenters. The topological polar surface area (TPSA) is 81.1 Å². The largest absolute Gasteiger partial charge is 0.507 e. The minimum Gasteiger partial charge on any atom is -0.507 e. The lowest BCUT2D eigenvalue weighted by Gasteiger charge is -2.27. The third-order valence-corrected chi connectivity index (χ3v) is 6.54. The quantitative estimate of drug-likeness (QED) is 0.406. The molecule has 0 spiro atoms. The van der Waals surface area contributed by atoms with E-state index < -0.39 is 17.7 Å². The van der Waals surface area contributed by atoms with Gasteiger partial charge in [0.2, 0.25) is 0 Å². The minimum atomic E-state index is -0.788. The van der Waals surface area contributed by atoms with Crippen molar-refractivity contribution in [2.24, 2.45) is 0 Å². The van der Waals surface area contributed by atoms with Crippen LogP contribution in [-0.4, -0.2) is 58.9 Å². The van der Waals surface area contributed by atoms with E-state index in [9.17, 15) is 19.8 Å². The number of likely N-dealkylation sites (tertiary alicyclic amines) is 1. The van der Waals surface area contributed by atoms with Crippen LogP contribution in [0.4, 0.5) is 0 Å². The smallest absolute Gasteiger partial charge is 0.295 e. The number of phenols is 1. The zero-order valence-corrected chi connectivity index (χ0v) is 19.0. The maximum Gasteiger partial charge on any atom is 0.295 e. The van der Waals surface area contributed by atoms with Crippen LogP contribution in [-0.2, 0) is 22.4 Å². The molecule has 2 aliphatic rings. The average molecular weight is 455 g/mol. The zero-order chi connectivity index (χ0) is 23.0. The van der Waals surface area contributed by atoms with Crippen molar-refractivity contribution in [2.45, 2.75) is 31.7 Å². The van der Waals surface area contributed by atoms with Crippen LogP contribution in [0, 0.1) is 0 Å². The van der Waals surface area contributed by atoms with Gasteiger partial charge in [0, 0.05) is 18.7 Å². The van der Waals surface area contributed by atoms with Crippen LogP contribution in [0.25, 0.3) is 5.76 Å². The summed E-state index contributed by atoms with van der Waals surface area (Å²) in [6.07, 6.45) is 4.19. The SMILES string of the molecule is CN(C)CCN1C(=O)C(=O)/C(=C(\O)c2ccc3c(c2)CCCC3)C1c1ccc(O)c(Cl)c1. The van der Waals surface area contributed by atoms with Crippen LogP contribution >= 0.6 is 11.6 Å². The molecular weight excluding hydrogens is 428 g/mol. The molecule has 0 aromatic heterocycles. The highest BCUT2D eigenvalue weighted by molar-refractivity contribution is 6.46. The number of hydrogen-bond acceptors (Lipinski definition) is 5. The normalized spacial score (nSPS) is 20.1. The summed E-state index contributed by atoms with van der Waals surface area (Å²) in [5, 5.41) is 21.2. The molecule has 0 radical (unpaired) electrons. The number of carbonyl (C=O) groups excluding carboxylic acids is 2. The Kier molecular flexibility index (Phi) is 6.26. The van der Waals surface area contributed by atoms with E-state index in [1.165, 1.54) is 28.2 Å². The monoisotopic (exact) mass is 454 g/mol. The lowest BCUT2D eigenvalue weighted by Crippen LogP contribution is -2.35. The van der Waals surface area contributed by atoms with Gasteiger partial charge in [0.15, 0.2) is 0 Å². The Morgan fingerprint density at radius 1 is 1.09 bits per heavy atom. The second-order valence-electron chi connectivity index (χ2n) is 8.70. The molecule has 1 aliphatic heterocycles. The predicted molar refractivity (Wildman–Crippen MR) is 124 cm³/mol. The van der Waals surface area contributed by atoms with Crippen molar-refractivity contribution in [3.63, 3.8) is 0 Å². The van der Waals surface area contributed by atoms with Gasteiger partial charge in [-0.3, -0.25) is 9.59 Å². The van der Waals surface area contributed by atoms with E-state index in [-0.39, 0.29) is 22.1 Å². The first kappa shape index (κ1) is 22.4. The van der Waals surface area contributed by atoms with Crippen molar-refractivity contribution in [1.29, 1.82) is 0 Å². The third-order valence-electron chi connectivity index (χ3n) is 6.24. The average Bonchev–Trinajstić information content (AvgIpc) is 3.03. The number of ketones is 1. The summed E-state index contributed by atoms with van der Waals surface area (Å²) in [7, 11) is 3.77. The molecule has 32 heavy (non-hydrogen) atoms. The van der Waals surface area contributed by atoms with Gasteiger partial charge in [0.05, 0.1) is 16.6 Å². The molecule has 2 N–H and O–H groups in total. The molecule has 1 aliphatic carbocycles. The van der Waals surface area contributed by atoms with Gasteiger partial charge in [-0.25, -0.2) is 0 Å². The maximum absolute atomic E-state index is 13.1. The Hall–Kier alpha value is -2.83. The highest BCUT2D eigenvalue weighted by Gasteiger charge is 2.46. The number of nitrogens with zero attached hydrogens (tertiary/aromatic N) is 2. The number of likely N-dealkylation sites (N-methyl/N-ethyl adjacent to an activating group) is 1. The Morgan fingerprint density at radius 2 is 1.81 bits per heavy atom.